The Balaban J connectivity index is 2.33. The van der Waals surface area contributed by atoms with Gasteiger partial charge in [0, 0.05) is 12.1 Å². The summed E-state index contributed by atoms with van der Waals surface area (Å²) in [4.78, 5) is 32.0. The molecule has 0 radical (unpaired) electrons. The number of imidazole rings is 1. The van der Waals surface area contributed by atoms with Gasteiger partial charge in [-0.15, -0.1) is 0 Å². The van der Waals surface area contributed by atoms with Gasteiger partial charge in [0.25, 0.3) is 0 Å². The van der Waals surface area contributed by atoms with Gasteiger partial charge in [-0.2, -0.15) is 0 Å². The normalized spacial score (nSPS) is 22.3. The van der Waals surface area contributed by atoms with Crippen LogP contribution in [0.25, 0.3) is 0 Å². The van der Waals surface area contributed by atoms with Gasteiger partial charge in [0.1, 0.15) is 11.6 Å². The summed E-state index contributed by atoms with van der Waals surface area (Å²) in [5, 5.41) is 9.35. The molecule has 0 aliphatic carbocycles. The minimum Gasteiger partial charge on any atom is -0.480 e. The molecule has 2 rings (SSSR count). The fourth-order valence-electron chi connectivity index (χ4n) is 2.35. The number of hydrogen-bond donors (Lipinski definition) is 2. The Kier molecular flexibility index (Phi) is 3.45. The zero-order valence-electron chi connectivity index (χ0n) is 12.0. The molecule has 20 heavy (non-hydrogen) atoms. The lowest BCUT2D eigenvalue weighted by molar-refractivity contribution is -0.144. The van der Waals surface area contributed by atoms with E-state index in [9.17, 15) is 14.7 Å². The highest BCUT2D eigenvalue weighted by atomic mass is 16.6. The number of rotatable bonds is 1. The third-order valence-corrected chi connectivity index (χ3v) is 3.19. The number of carboxylic acids is 1. The van der Waals surface area contributed by atoms with E-state index in [1.165, 1.54) is 11.2 Å². The second kappa shape index (κ2) is 4.81. The molecule has 7 nitrogen and oxygen atoms in total. The van der Waals surface area contributed by atoms with Crippen molar-refractivity contribution in [1.29, 1.82) is 0 Å². The molecule has 0 unspecified atom stereocenters. The molecule has 0 saturated heterocycles. The average Bonchev–Trinajstić information content (AvgIpc) is 2.74. The van der Waals surface area contributed by atoms with Crippen molar-refractivity contribution in [2.75, 3.05) is 0 Å². The van der Waals surface area contributed by atoms with Gasteiger partial charge in [-0.3, -0.25) is 4.90 Å². The van der Waals surface area contributed by atoms with Crippen molar-refractivity contribution in [3.63, 3.8) is 0 Å². The van der Waals surface area contributed by atoms with Gasteiger partial charge >= 0.3 is 12.1 Å². The van der Waals surface area contributed by atoms with E-state index < -0.39 is 29.7 Å². The first-order chi connectivity index (χ1) is 9.20. The van der Waals surface area contributed by atoms with Gasteiger partial charge < -0.3 is 14.8 Å². The van der Waals surface area contributed by atoms with Crippen LogP contribution in [0.3, 0.4) is 0 Å². The Bertz CT molecular complexity index is 532. The predicted molar refractivity (Wildman–Crippen MR) is 70.2 cm³/mol. The van der Waals surface area contributed by atoms with Crippen LogP contribution in [0.4, 0.5) is 4.79 Å². The number of carbonyl (C=O) groups is 2. The molecule has 1 aromatic rings. The number of nitrogens with zero attached hydrogens (tertiary/aromatic N) is 2. The van der Waals surface area contributed by atoms with Crippen LogP contribution < -0.4 is 0 Å². The first-order valence-electron chi connectivity index (χ1n) is 6.47. The molecule has 2 N–H and O–H groups in total. The van der Waals surface area contributed by atoms with E-state index in [1.807, 2.05) is 0 Å². The Morgan fingerprint density at radius 2 is 2.15 bits per heavy atom. The minimum atomic E-state index is -1.05. The second-order valence-corrected chi connectivity index (χ2v) is 5.89. The highest BCUT2D eigenvalue weighted by molar-refractivity contribution is 5.81. The number of fused-ring (bicyclic) bond motifs is 1. The van der Waals surface area contributed by atoms with Crippen molar-refractivity contribution >= 4 is 12.1 Å². The van der Waals surface area contributed by atoms with Gasteiger partial charge in [-0.25, -0.2) is 14.6 Å². The van der Waals surface area contributed by atoms with Gasteiger partial charge in [-0.1, -0.05) is 0 Å². The molecule has 1 amide bonds. The minimum absolute atomic E-state index is 0.203. The van der Waals surface area contributed by atoms with E-state index in [4.69, 9.17) is 4.74 Å². The van der Waals surface area contributed by atoms with Crippen molar-refractivity contribution in [1.82, 2.24) is 14.9 Å². The lowest BCUT2D eigenvalue weighted by Crippen LogP contribution is -2.52. The first-order valence-corrected chi connectivity index (χ1v) is 6.47. The Labute approximate surface area is 116 Å². The standard InChI is InChI=1S/C13H19N3O4/c1-7-10-8(14-6-15-10)5-9(11(17)18)16(7)12(19)20-13(2,3)4/h6-7,9H,5H2,1-4H3,(H,14,15)(H,17,18)/t7-,9+/m0/s1. The number of ether oxygens (including phenoxy) is 1. The predicted octanol–water partition coefficient (Wildman–Crippen LogP) is 1.72. The molecule has 2 heterocycles. The number of aromatic nitrogens is 2. The van der Waals surface area contributed by atoms with E-state index >= 15 is 0 Å². The second-order valence-electron chi connectivity index (χ2n) is 5.89. The summed E-state index contributed by atoms with van der Waals surface area (Å²) in [7, 11) is 0. The maximum atomic E-state index is 12.3. The van der Waals surface area contributed by atoms with Gasteiger partial charge in [0.2, 0.25) is 0 Å². The van der Waals surface area contributed by atoms with Crippen molar-refractivity contribution in [3.8, 4) is 0 Å². The van der Waals surface area contributed by atoms with E-state index in [0.717, 1.165) is 5.69 Å². The molecule has 0 fully saturated rings. The van der Waals surface area contributed by atoms with Crippen molar-refractivity contribution in [2.24, 2.45) is 0 Å². The summed E-state index contributed by atoms with van der Waals surface area (Å²) >= 11 is 0. The zero-order valence-corrected chi connectivity index (χ0v) is 12.0. The SMILES string of the molecule is C[C@H]1c2nc[nH]c2C[C@H](C(=O)O)N1C(=O)OC(C)(C)C. The highest BCUT2D eigenvalue weighted by Crippen LogP contribution is 2.32. The molecular weight excluding hydrogens is 262 g/mol. The molecule has 0 saturated carbocycles. The lowest BCUT2D eigenvalue weighted by Gasteiger charge is -2.38. The van der Waals surface area contributed by atoms with Crippen LogP contribution in [0.5, 0.6) is 0 Å². The van der Waals surface area contributed by atoms with Crippen LogP contribution in [0, 0.1) is 0 Å². The molecular formula is C13H19N3O4. The fraction of sp³-hybridized carbons (Fsp3) is 0.615. The van der Waals surface area contributed by atoms with E-state index in [2.05, 4.69) is 9.97 Å². The maximum Gasteiger partial charge on any atom is 0.411 e. The Morgan fingerprint density at radius 1 is 1.50 bits per heavy atom. The van der Waals surface area contributed by atoms with Crippen molar-refractivity contribution in [2.45, 2.75) is 51.8 Å². The van der Waals surface area contributed by atoms with Crippen LogP contribution in [0.1, 0.15) is 45.1 Å². The fourth-order valence-corrected chi connectivity index (χ4v) is 2.35. The summed E-state index contributed by atoms with van der Waals surface area (Å²) in [6, 6.07) is -1.39. The van der Waals surface area contributed by atoms with Gasteiger partial charge in [-0.05, 0) is 27.7 Å². The summed E-state index contributed by atoms with van der Waals surface area (Å²) in [6.45, 7) is 6.98. The van der Waals surface area contributed by atoms with E-state index in [0.29, 0.717) is 5.69 Å². The molecule has 0 aromatic carbocycles. The number of hydrogen-bond acceptors (Lipinski definition) is 4. The molecule has 0 bridgehead atoms. The molecule has 1 aliphatic rings. The van der Waals surface area contributed by atoms with Crippen LogP contribution in [0.15, 0.2) is 6.33 Å². The van der Waals surface area contributed by atoms with Crippen LogP contribution in [-0.2, 0) is 16.0 Å². The third-order valence-electron chi connectivity index (χ3n) is 3.19. The van der Waals surface area contributed by atoms with Crippen molar-refractivity contribution < 1.29 is 19.4 Å². The maximum absolute atomic E-state index is 12.3. The third kappa shape index (κ3) is 2.61. The molecule has 1 aliphatic heterocycles. The molecule has 0 spiro atoms. The summed E-state index contributed by atoms with van der Waals surface area (Å²) in [5.41, 5.74) is 0.768. The number of carboxylic acid groups (broad SMARTS) is 1. The highest BCUT2D eigenvalue weighted by Gasteiger charge is 2.42. The number of H-pyrrole nitrogens is 1. The zero-order chi connectivity index (χ0) is 15.1. The Hall–Kier alpha value is -2.05. The number of aromatic amines is 1. The van der Waals surface area contributed by atoms with E-state index in [1.54, 1.807) is 27.7 Å². The molecule has 7 heteroatoms. The largest absolute Gasteiger partial charge is 0.480 e. The van der Waals surface area contributed by atoms with Crippen LogP contribution in [0.2, 0.25) is 0 Å². The number of aliphatic carboxylic acids is 1. The van der Waals surface area contributed by atoms with E-state index in [-0.39, 0.29) is 6.42 Å². The summed E-state index contributed by atoms with van der Waals surface area (Å²) < 4.78 is 5.31. The van der Waals surface area contributed by atoms with Gasteiger partial charge in [0.05, 0.1) is 18.1 Å². The monoisotopic (exact) mass is 281 g/mol. The Morgan fingerprint density at radius 3 is 2.70 bits per heavy atom. The molecule has 1 aromatic heterocycles. The summed E-state index contributed by atoms with van der Waals surface area (Å²) in [6.07, 6.45) is 1.08. The number of carbonyl (C=O) groups excluding carboxylic acids is 1. The summed E-state index contributed by atoms with van der Waals surface area (Å²) in [5.74, 6) is -1.05. The van der Waals surface area contributed by atoms with Gasteiger partial charge in [0.15, 0.2) is 0 Å². The van der Waals surface area contributed by atoms with Crippen LogP contribution >= 0.6 is 0 Å². The smallest absolute Gasteiger partial charge is 0.411 e. The lowest BCUT2D eigenvalue weighted by atomic mass is 9.97. The average molecular weight is 281 g/mol. The number of nitrogens with one attached hydrogen (secondary N) is 1. The number of amides is 1. The van der Waals surface area contributed by atoms with Crippen LogP contribution in [-0.4, -0.2) is 43.7 Å². The molecule has 2 atom stereocenters. The molecule has 110 valence electrons. The first kappa shape index (κ1) is 14.4. The van der Waals surface area contributed by atoms with Crippen molar-refractivity contribution in [3.05, 3.63) is 17.7 Å². The quantitative estimate of drug-likeness (QED) is 0.817. The topological polar surface area (TPSA) is 95.5 Å².